The molecule has 5 rings (SSSR count). The number of carbonyl (C=O) groups excluding carboxylic acids is 3. The van der Waals surface area contributed by atoms with E-state index in [0.717, 1.165) is 29.7 Å². The second kappa shape index (κ2) is 10.3. The molecule has 2 aliphatic rings. The molecule has 2 aromatic carbocycles. The number of pyridine rings is 1. The number of esters is 1. The minimum atomic E-state index is -0.806. The van der Waals surface area contributed by atoms with Gasteiger partial charge in [0.25, 0.3) is 11.7 Å². The zero-order valence-corrected chi connectivity index (χ0v) is 20.3. The molecule has 3 aromatic rings. The molecule has 0 radical (unpaired) electrons. The van der Waals surface area contributed by atoms with Crippen molar-refractivity contribution in [1.29, 1.82) is 0 Å². The molecule has 0 aliphatic carbocycles. The SMILES string of the molecule is CCOC(=O)c1ccc(CN2C(=O)C(=O)/C(=C(\O)c3ccc4c(c3)CCCO4)C2c2ccncc2)cc1. The van der Waals surface area contributed by atoms with Crippen LogP contribution in [-0.2, 0) is 27.3 Å². The molecule has 1 N–H and O–H groups in total. The van der Waals surface area contributed by atoms with Gasteiger partial charge in [-0.1, -0.05) is 12.1 Å². The third-order valence-electron chi connectivity index (χ3n) is 6.56. The van der Waals surface area contributed by atoms with Crippen molar-refractivity contribution < 1.29 is 29.0 Å². The smallest absolute Gasteiger partial charge is 0.338 e. The summed E-state index contributed by atoms with van der Waals surface area (Å²) in [5.41, 5.74) is 3.21. The molecule has 8 heteroatoms. The zero-order chi connectivity index (χ0) is 25.9. The van der Waals surface area contributed by atoms with Crippen LogP contribution in [0.2, 0.25) is 0 Å². The maximum Gasteiger partial charge on any atom is 0.338 e. The minimum Gasteiger partial charge on any atom is -0.507 e. The van der Waals surface area contributed by atoms with Gasteiger partial charge in [-0.2, -0.15) is 0 Å². The van der Waals surface area contributed by atoms with Gasteiger partial charge in [0, 0.05) is 24.5 Å². The summed E-state index contributed by atoms with van der Waals surface area (Å²) >= 11 is 0. The van der Waals surface area contributed by atoms with Crippen molar-refractivity contribution in [2.45, 2.75) is 32.4 Å². The molecule has 1 unspecified atom stereocenters. The Morgan fingerprint density at radius 2 is 1.81 bits per heavy atom. The highest BCUT2D eigenvalue weighted by Gasteiger charge is 2.46. The zero-order valence-electron chi connectivity index (χ0n) is 20.3. The monoisotopic (exact) mass is 498 g/mol. The fourth-order valence-electron chi connectivity index (χ4n) is 4.76. The predicted molar refractivity (Wildman–Crippen MR) is 135 cm³/mol. The third kappa shape index (κ3) is 4.70. The van der Waals surface area contributed by atoms with E-state index >= 15 is 0 Å². The second-order valence-electron chi connectivity index (χ2n) is 8.90. The molecule has 1 fully saturated rings. The number of hydrogen-bond donors (Lipinski definition) is 1. The fraction of sp³-hybridized carbons (Fsp3) is 0.241. The minimum absolute atomic E-state index is 0.0241. The summed E-state index contributed by atoms with van der Waals surface area (Å²) in [6, 6.07) is 14.6. The Labute approximate surface area is 214 Å². The standard InChI is InChI=1S/C29H26N2O6/c1-2-36-29(35)20-7-5-18(6-8-20)17-31-25(19-11-13-30-14-12-19)24(27(33)28(31)34)26(32)22-9-10-23-21(16-22)4-3-15-37-23/h5-14,16,25,32H,2-4,15,17H2,1H3/b26-24-. The van der Waals surface area contributed by atoms with E-state index in [4.69, 9.17) is 9.47 Å². The van der Waals surface area contributed by atoms with Gasteiger partial charge in [-0.3, -0.25) is 14.6 Å². The van der Waals surface area contributed by atoms with Crippen molar-refractivity contribution in [1.82, 2.24) is 9.88 Å². The van der Waals surface area contributed by atoms with Crippen LogP contribution in [-0.4, -0.2) is 45.9 Å². The first kappa shape index (κ1) is 24.2. The molecular formula is C29H26N2O6. The highest BCUT2D eigenvalue weighted by atomic mass is 16.5. The average molecular weight is 499 g/mol. The van der Waals surface area contributed by atoms with Crippen LogP contribution in [0.15, 0.2) is 72.6 Å². The number of rotatable bonds is 6. The lowest BCUT2D eigenvalue weighted by molar-refractivity contribution is -0.140. The number of aromatic nitrogens is 1. The Morgan fingerprint density at radius 3 is 2.54 bits per heavy atom. The summed E-state index contributed by atoms with van der Waals surface area (Å²) in [5, 5.41) is 11.3. The molecule has 3 heterocycles. The van der Waals surface area contributed by atoms with Gasteiger partial charge in [0.1, 0.15) is 11.5 Å². The molecule has 1 saturated heterocycles. The Kier molecular flexibility index (Phi) is 6.72. The first-order chi connectivity index (χ1) is 18.0. The highest BCUT2D eigenvalue weighted by Crippen LogP contribution is 2.40. The van der Waals surface area contributed by atoms with E-state index in [1.165, 1.54) is 4.90 Å². The number of likely N-dealkylation sites (tertiary alicyclic amines) is 1. The summed E-state index contributed by atoms with van der Waals surface area (Å²) in [5.74, 6) is -1.36. The van der Waals surface area contributed by atoms with Crippen molar-refractivity contribution in [3.05, 3.63) is 100 Å². The molecule has 1 aromatic heterocycles. The number of aliphatic hydroxyl groups excluding tert-OH is 1. The number of aliphatic hydroxyl groups is 1. The number of hydrogen-bond acceptors (Lipinski definition) is 7. The maximum absolute atomic E-state index is 13.3. The number of nitrogens with zero attached hydrogens (tertiary/aromatic N) is 2. The number of Topliss-reactive ketones (excluding diaryl/α,β-unsaturated/α-hetero) is 1. The number of fused-ring (bicyclic) bond motifs is 1. The van der Waals surface area contributed by atoms with Crippen LogP contribution >= 0.6 is 0 Å². The number of ketones is 1. The van der Waals surface area contributed by atoms with E-state index in [0.29, 0.717) is 23.3 Å². The Balaban J connectivity index is 1.53. The lowest BCUT2D eigenvalue weighted by Gasteiger charge is -2.25. The maximum atomic E-state index is 13.3. The van der Waals surface area contributed by atoms with Crippen LogP contribution in [0, 0.1) is 0 Å². The fourth-order valence-corrected chi connectivity index (χ4v) is 4.76. The van der Waals surface area contributed by atoms with E-state index in [9.17, 15) is 19.5 Å². The molecule has 1 amide bonds. The van der Waals surface area contributed by atoms with Crippen molar-refractivity contribution in [2.75, 3.05) is 13.2 Å². The van der Waals surface area contributed by atoms with Gasteiger partial charge in [-0.15, -0.1) is 0 Å². The van der Waals surface area contributed by atoms with E-state index in [1.54, 1.807) is 67.8 Å². The van der Waals surface area contributed by atoms with E-state index in [-0.39, 0.29) is 24.5 Å². The summed E-state index contributed by atoms with van der Waals surface area (Å²) in [6.45, 7) is 2.76. The molecule has 0 bridgehead atoms. The van der Waals surface area contributed by atoms with Crippen LogP contribution in [0.4, 0.5) is 0 Å². The molecule has 37 heavy (non-hydrogen) atoms. The summed E-state index contributed by atoms with van der Waals surface area (Å²) in [6.07, 6.45) is 4.84. The van der Waals surface area contributed by atoms with E-state index in [1.807, 2.05) is 6.07 Å². The van der Waals surface area contributed by atoms with Gasteiger partial charge in [-0.25, -0.2) is 4.79 Å². The van der Waals surface area contributed by atoms with Crippen molar-refractivity contribution in [3.63, 3.8) is 0 Å². The highest BCUT2D eigenvalue weighted by molar-refractivity contribution is 6.46. The van der Waals surface area contributed by atoms with Gasteiger partial charge < -0.3 is 19.5 Å². The molecule has 0 saturated carbocycles. The molecule has 1 atom stereocenters. The van der Waals surface area contributed by atoms with Crippen LogP contribution in [0.5, 0.6) is 5.75 Å². The summed E-state index contributed by atoms with van der Waals surface area (Å²) in [4.78, 5) is 44.0. The lowest BCUT2D eigenvalue weighted by atomic mass is 9.94. The van der Waals surface area contributed by atoms with Crippen LogP contribution in [0.1, 0.15) is 52.0 Å². The molecular weight excluding hydrogens is 472 g/mol. The van der Waals surface area contributed by atoms with Crippen LogP contribution in [0.3, 0.4) is 0 Å². The second-order valence-corrected chi connectivity index (χ2v) is 8.90. The number of aryl methyl sites for hydroxylation is 1. The van der Waals surface area contributed by atoms with Crippen molar-refractivity contribution in [3.8, 4) is 5.75 Å². The Hall–Kier alpha value is -4.46. The normalized spacial score (nSPS) is 18.3. The van der Waals surface area contributed by atoms with Gasteiger partial charge in [0.2, 0.25) is 0 Å². The Bertz CT molecular complexity index is 1380. The Morgan fingerprint density at radius 1 is 1.08 bits per heavy atom. The van der Waals surface area contributed by atoms with Gasteiger partial charge in [0.05, 0.1) is 30.4 Å². The van der Waals surface area contributed by atoms with Crippen LogP contribution < -0.4 is 4.74 Å². The number of amides is 1. The molecule has 188 valence electrons. The first-order valence-corrected chi connectivity index (χ1v) is 12.2. The van der Waals surface area contributed by atoms with Gasteiger partial charge in [-0.05, 0) is 78.9 Å². The number of benzene rings is 2. The first-order valence-electron chi connectivity index (χ1n) is 12.2. The van der Waals surface area contributed by atoms with E-state index in [2.05, 4.69) is 4.98 Å². The van der Waals surface area contributed by atoms with E-state index < -0.39 is 23.7 Å². The lowest BCUT2D eigenvalue weighted by Crippen LogP contribution is -2.29. The average Bonchev–Trinajstić information content (AvgIpc) is 3.18. The van der Waals surface area contributed by atoms with Gasteiger partial charge in [0.15, 0.2) is 0 Å². The number of ether oxygens (including phenoxy) is 2. The summed E-state index contributed by atoms with van der Waals surface area (Å²) < 4.78 is 10.7. The third-order valence-corrected chi connectivity index (χ3v) is 6.56. The van der Waals surface area contributed by atoms with Crippen molar-refractivity contribution >= 4 is 23.4 Å². The predicted octanol–water partition coefficient (Wildman–Crippen LogP) is 4.21. The summed E-state index contributed by atoms with van der Waals surface area (Å²) in [7, 11) is 0. The molecule has 8 nitrogen and oxygen atoms in total. The van der Waals surface area contributed by atoms with Crippen LogP contribution in [0.25, 0.3) is 5.76 Å². The quantitative estimate of drug-likeness (QED) is 0.235. The topological polar surface area (TPSA) is 106 Å². The molecule has 2 aliphatic heterocycles. The van der Waals surface area contributed by atoms with Gasteiger partial charge >= 0.3 is 5.97 Å². The number of carbonyl (C=O) groups is 3. The van der Waals surface area contributed by atoms with Crippen molar-refractivity contribution in [2.24, 2.45) is 0 Å². The molecule has 0 spiro atoms. The largest absolute Gasteiger partial charge is 0.507 e.